The van der Waals surface area contributed by atoms with Crippen molar-refractivity contribution in [3.05, 3.63) is 53.6 Å². The van der Waals surface area contributed by atoms with Gasteiger partial charge in [-0.3, -0.25) is 9.59 Å². The molecule has 2 aromatic carbocycles. The first kappa shape index (κ1) is 21.1. The number of hydrogen-bond acceptors (Lipinski definition) is 5. The lowest BCUT2D eigenvalue weighted by atomic mass is 10.1. The molecule has 0 heterocycles. The number of methoxy groups -OCH3 is 3. The Hall–Kier alpha value is -3.22. The molecular weight excluding hydrogens is 360 g/mol. The first-order valence-corrected chi connectivity index (χ1v) is 8.93. The SMILES string of the molecule is COc1cc(OC)c(OC)cc1CNC(=O)CCNC(=O)Cc1ccccc1. The number of ether oxygens (including phenoxy) is 3. The van der Waals surface area contributed by atoms with Gasteiger partial charge in [-0.1, -0.05) is 30.3 Å². The lowest BCUT2D eigenvalue weighted by Gasteiger charge is -2.14. The van der Waals surface area contributed by atoms with Gasteiger partial charge in [-0.25, -0.2) is 0 Å². The van der Waals surface area contributed by atoms with Crippen molar-refractivity contribution in [3.8, 4) is 17.2 Å². The molecule has 2 N–H and O–H groups in total. The van der Waals surface area contributed by atoms with Crippen LogP contribution in [0, 0.1) is 0 Å². The number of rotatable bonds is 10. The molecule has 150 valence electrons. The van der Waals surface area contributed by atoms with Crippen molar-refractivity contribution in [2.24, 2.45) is 0 Å². The van der Waals surface area contributed by atoms with Crippen LogP contribution in [0.3, 0.4) is 0 Å². The summed E-state index contributed by atoms with van der Waals surface area (Å²) in [7, 11) is 4.64. The summed E-state index contributed by atoms with van der Waals surface area (Å²) >= 11 is 0. The molecule has 2 amide bonds. The van der Waals surface area contributed by atoms with Crippen LogP contribution >= 0.6 is 0 Å². The maximum Gasteiger partial charge on any atom is 0.224 e. The molecule has 0 spiro atoms. The van der Waals surface area contributed by atoms with E-state index in [1.807, 2.05) is 30.3 Å². The van der Waals surface area contributed by atoms with Crippen molar-refractivity contribution in [1.82, 2.24) is 10.6 Å². The minimum atomic E-state index is -0.170. The second-order valence-corrected chi connectivity index (χ2v) is 6.06. The maximum atomic E-state index is 12.1. The summed E-state index contributed by atoms with van der Waals surface area (Å²) in [6.07, 6.45) is 0.488. The minimum Gasteiger partial charge on any atom is -0.496 e. The topological polar surface area (TPSA) is 85.9 Å². The Morgan fingerprint density at radius 1 is 0.821 bits per heavy atom. The Labute approximate surface area is 165 Å². The zero-order chi connectivity index (χ0) is 20.4. The van der Waals surface area contributed by atoms with Crippen LogP contribution in [0.2, 0.25) is 0 Å². The molecule has 0 aliphatic heterocycles. The van der Waals surface area contributed by atoms with Gasteiger partial charge in [0, 0.05) is 31.1 Å². The number of amides is 2. The zero-order valence-corrected chi connectivity index (χ0v) is 16.4. The van der Waals surface area contributed by atoms with Gasteiger partial charge in [0.1, 0.15) is 5.75 Å². The van der Waals surface area contributed by atoms with E-state index in [0.717, 1.165) is 11.1 Å². The van der Waals surface area contributed by atoms with E-state index < -0.39 is 0 Å². The van der Waals surface area contributed by atoms with Crippen LogP contribution in [0.1, 0.15) is 17.5 Å². The summed E-state index contributed by atoms with van der Waals surface area (Å²) in [6, 6.07) is 12.9. The number of carbonyl (C=O) groups is 2. The van der Waals surface area contributed by atoms with Gasteiger partial charge in [0.25, 0.3) is 0 Å². The molecule has 0 unspecified atom stereocenters. The first-order chi connectivity index (χ1) is 13.6. The third kappa shape index (κ3) is 6.19. The van der Waals surface area contributed by atoms with Gasteiger partial charge in [-0.2, -0.15) is 0 Å². The van der Waals surface area contributed by atoms with E-state index in [9.17, 15) is 9.59 Å². The van der Waals surface area contributed by atoms with E-state index in [1.54, 1.807) is 33.5 Å². The average Bonchev–Trinajstić information content (AvgIpc) is 2.72. The van der Waals surface area contributed by atoms with Crippen molar-refractivity contribution in [2.45, 2.75) is 19.4 Å². The monoisotopic (exact) mass is 386 g/mol. The highest BCUT2D eigenvalue weighted by Gasteiger charge is 2.13. The molecule has 0 saturated carbocycles. The van der Waals surface area contributed by atoms with Crippen LogP contribution in [0.15, 0.2) is 42.5 Å². The van der Waals surface area contributed by atoms with Gasteiger partial charge >= 0.3 is 0 Å². The lowest BCUT2D eigenvalue weighted by Crippen LogP contribution is -2.31. The fraction of sp³-hybridized carbons (Fsp3) is 0.333. The number of carbonyl (C=O) groups excluding carboxylic acids is 2. The fourth-order valence-corrected chi connectivity index (χ4v) is 2.67. The Morgan fingerprint density at radius 3 is 2.11 bits per heavy atom. The molecule has 0 fully saturated rings. The van der Waals surface area contributed by atoms with Crippen molar-refractivity contribution in [2.75, 3.05) is 27.9 Å². The number of hydrogen-bond donors (Lipinski definition) is 2. The van der Waals surface area contributed by atoms with E-state index in [4.69, 9.17) is 14.2 Å². The van der Waals surface area contributed by atoms with Crippen LogP contribution in [0.25, 0.3) is 0 Å². The van der Waals surface area contributed by atoms with Crippen molar-refractivity contribution in [1.29, 1.82) is 0 Å². The summed E-state index contributed by atoms with van der Waals surface area (Å²) in [4.78, 5) is 24.0. The van der Waals surface area contributed by atoms with Crippen LogP contribution < -0.4 is 24.8 Å². The Balaban J connectivity index is 1.80. The third-order valence-corrected chi connectivity index (χ3v) is 4.14. The molecule has 2 rings (SSSR count). The van der Waals surface area contributed by atoms with Crippen LogP contribution in [-0.2, 0) is 22.6 Å². The predicted molar refractivity (Wildman–Crippen MR) is 106 cm³/mol. The summed E-state index contributed by atoms with van der Waals surface area (Å²) in [5.41, 5.74) is 1.70. The molecule has 2 aromatic rings. The maximum absolute atomic E-state index is 12.1. The molecule has 0 bridgehead atoms. The Bertz CT molecular complexity index is 793. The van der Waals surface area contributed by atoms with Crippen molar-refractivity contribution >= 4 is 11.8 Å². The molecule has 0 atom stereocenters. The average molecular weight is 386 g/mol. The van der Waals surface area contributed by atoms with Gasteiger partial charge in [0.2, 0.25) is 11.8 Å². The van der Waals surface area contributed by atoms with Crippen molar-refractivity contribution < 1.29 is 23.8 Å². The second-order valence-electron chi connectivity index (χ2n) is 6.06. The molecule has 0 aliphatic rings. The highest BCUT2D eigenvalue weighted by atomic mass is 16.5. The van der Waals surface area contributed by atoms with E-state index in [0.29, 0.717) is 23.7 Å². The smallest absolute Gasteiger partial charge is 0.224 e. The van der Waals surface area contributed by atoms with E-state index in [2.05, 4.69) is 10.6 Å². The molecule has 0 radical (unpaired) electrons. The van der Waals surface area contributed by atoms with E-state index >= 15 is 0 Å². The highest BCUT2D eigenvalue weighted by molar-refractivity contribution is 5.80. The van der Waals surface area contributed by atoms with Gasteiger partial charge in [0.15, 0.2) is 11.5 Å². The third-order valence-electron chi connectivity index (χ3n) is 4.14. The van der Waals surface area contributed by atoms with Crippen LogP contribution in [0.5, 0.6) is 17.2 Å². The molecule has 0 saturated heterocycles. The predicted octanol–water partition coefficient (Wildman–Crippen LogP) is 2.08. The van der Waals surface area contributed by atoms with E-state index in [1.165, 1.54) is 0 Å². The summed E-state index contributed by atoms with van der Waals surface area (Å²) < 4.78 is 15.9. The van der Waals surface area contributed by atoms with Crippen LogP contribution in [-0.4, -0.2) is 39.7 Å². The van der Waals surface area contributed by atoms with Gasteiger partial charge in [-0.15, -0.1) is 0 Å². The fourth-order valence-electron chi connectivity index (χ4n) is 2.67. The second kappa shape index (κ2) is 10.8. The first-order valence-electron chi connectivity index (χ1n) is 8.93. The summed E-state index contributed by atoms with van der Waals surface area (Å²) in [5.74, 6) is 1.42. The number of benzene rings is 2. The van der Waals surface area contributed by atoms with Gasteiger partial charge in [0.05, 0.1) is 27.8 Å². The molecule has 0 aliphatic carbocycles. The molecule has 7 heteroatoms. The summed E-state index contributed by atoms with van der Waals surface area (Å²) in [6.45, 7) is 0.556. The Morgan fingerprint density at radius 2 is 1.46 bits per heavy atom. The molecule has 0 aromatic heterocycles. The molecular formula is C21H26N2O5. The zero-order valence-electron chi connectivity index (χ0n) is 16.4. The van der Waals surface area contributed by atoms with Crippen molar-refractivity contribution in [3.63, 3.8) is 0 Å². The largest absolute Gasteiger partial charge is 0.496 e. The van der Waals surface area contributed by atoms with Gasteiger partial charge < -0.3 is 24.8 Å². The Kier molecular flexibility index (Phi) is 8.14. The molecule has 28 heavy (non-hydrogen) atoms. The normalized spacial score (nSPS) is 10.1. The molecule has 7 nitrogen and oxygen atoms in total. The van der Waals surface area contributed by atoms with Crippen LogP contribution in [0.4, 0.5) is 0 Å². The van der Waals surface area contributed by atoms with Gasteiger partial charge in [-0.05, 0) is 11.6 Å². The lowest BCUT2D eigenvalue weighted by molar-refractivity contribution is -0.122. The minimum absolute atomic E-state index is 0.111. The van der Waals surface area contributed by atoms with E-state index in [-0.39, 0.29) is 31.3 Å². The number of nitrogens with one attached hydrogen (secondary N) is 2. The quantitative estimate of drug-likeness (QED) is 0.653. The standard InChI is InChI=1S/C21H26N2O5/c1-26-17-13-19(28-3)18(27-2)12-16(17)14-23-20(24)9-10-22-21(25)11-15-7-5-4-6-8-15/h4-8,12-13H,9-11,14H2,1-3H3,(H,22,25)(H,23,24). The summed E-state index contributed by atoms with van der Waals surface area (Å²) in [5, 5.41) is 5.57. The highest BCUT2D eigenvalue weighted by Crippen LogP contribution is 2.34.